The molecule has 2 aromatic carbocycles. The van der Waals surface area contributed by atoms with E-state index in [1.807, 2.05) is 67.6 Å². The van der Waals surface area contributed by atoms with Crippen molar-refractivity contribution in [1.29, 1.82) is 0 Å². The number of benzene rings is 2. The summed E-state index contributed by atoms with van der Waals surface area (Å²) in [5.74, 6) is -3.33. The largest absolute Gasteiger partial charge is 0.477 e. The number of phosphoric acid groups is 1. The van der Waals surface area contributed by atoms with Crippen LogP contribution >= 0.6 is 7.82 Å². The molecule has 3 N–H and O–H groups in total. The Morgan fingerprint density at radius 3 is 2.08 bits per heavy atom. The topological polar surface area (TPSA) is 180 Å². The number of ether oxygens (including phenoxy) is 3. The summed E-state index contributed by atoms with van der Waals surface area (Å²) >= 11 is 0. The first-order chi connectivity index (χ1) is 27.9. The van der Waals surface area contributed by atoms with Crippen molar-refractivity contribution in [1.82, 2.24) is 0 Å². The molecule has 1 saturated heterocycles. The van der Waals surface area contributed by atoms with E-state index < -0.39 is 90.6 Å². The zero-order valence-electron chi connectivity index (χ0n) is 34.7. The number of hydrogen-bond acceptors (Lipinski definition) is 13. The van der Waals surface area contributed by atoms with Crippen LogP contribution in [0.15, 0.2) is 94.6 Å². The molecule has 8 unspecified atom stereocenters. The highest BCUT2D eigenvalue weighted by Crippen LogP contribution is 2.65. The van der Waals surface area contributed by atoms with Crippen LogP contribution < -0.4 is 0 Å². The van der Waals surface area contributed by atoms with Crippen LogP contribution in [0.4, 0.5) is 0 Å². The van der Waals surface area contributed by atoms with Crippen LogP contribution in [-0.4, -0.2) is 76.1 Å². The van der Waals surface area contributed by atoms with Gasteiger partial charge in [0, 0.05) is 30.1 Å². The molecular weight excluding hydrogens is 779 g/mol. The molecule has 0 radical (unpaired) electrons. The highest BCUT2D eigenvalue weighted by atomic mass is 31.2. The molecule has 13 nitrogen and oxygen atoms in total. The molecule has 0 spiro atoms. The normalized spacial score (nSPS) is 33.8. The van der Waals surface area contributed by atoms with E-state index in [0.717, 1.165) is 11.1 Å². The summed E-state index contributed by atoms with van der Waals surface area (Å²) in [4.78, 5) is 28.9. The zero-order valence-corrected chi connectivity index (χ0v) is 35.6. The molecule has 3 aromatic rings. The Morgan fingerprint density at radius 2 is 1.54 bits per heavy atom. The lowest BCUT2D eigenvalue weighted by atomic mass is 9.43. The Balaban J connectivity index is 1.18. The van der Waals surface area contributed by atoms with Crippen LogP contribution in [-0.2, 0) is 55.1 Å². The molecule has 1 aromatic heterocycles. The summed E-state index contributed by atoms with van der Waals surface area (Å²) in [6.07, 6.45) is -3.09. The number of fused-ring (bicyclic) bond motifs is 5. The molecule has 11 atom stereocenters. The quantitative estimate of drug-likeness (QED) is 0.0652. The van der Waals surface area contributed by atoms with Crippen molar-refractivity contribution in [2.75, 3.05) is 13.4 Å². The molecule has 3 fully saturated rings. The van der Waals surface area contributed by atoms with Crippen LogP contribution in [0.3, 0.4) is 0 Å². The van der Waals surface area contributed by atoms with E-state index in [0.29, 0.717) is 11.3 Å². The van der Waals surface area contributed by atoms with Gasteiger partial charge in [0.1, 0.15) is 23.6 Å². The van der Waals surface area contributed by atoms with E-state index in [1.165, 1.54) is 0 Å². The minimum Gasteiger partial charge on any atom is -0.469 e. The summed E-state index contributed by atoms with van der Waals surface area (Å²) in [5.41, 5.74) is -3.98. The average molecular weight is 837 g/mol. The Kier molecular flexibility index (Phi) is 12.1. The third-order valence-corrected chi connectivity index (χ3v) is 15.4. The smallest absolute Gasteiger partial charge is 0.469 e. The van der Waals surface area contributed by atoms with Crippen LogP contribution in [0.1, 0.15) is 84.1 Å². The summed E-state index contributed by atoms with van der Waals surface area (Å²) in [5, 5.41) is 37.9. The molecule has 4 aliphatic rings. The Bertz CT molecular complexity index is 2010. The first-order valence-corrected chi connectivity index (χ1v) is 21.8. The molecule has 2 heterocycles. The zero-order chi connectivity index (χ0) is 42.5. The minimum absolute atomic E-state index is 0.0317. The lowest BCUT2D eigenvalue weighted by molar-refractivity contribution is -0.341. The number of Topliss-reactive ketones (excluding diaryl/α,β-unsaturated/α-hetero) is 1. The third-order valence-electron chi connectivity index (χ3n) is 14.1. The van der Waals surface area contributed by atoms with Gasteiger partial charge >= 0.3 is 13.8 Å². The second-order valence-corrected chi connectivity index (χ2v) is 19.2. The van der Waals surface area contributed by atoms with Gasteiger partial charge in [0.25, 0.3) is 0 Å². The Hall–Kier alpha value is -3.49. The van der Waals surface area contributed by atoms with Gasteiger partial charge in [-0.2, -0.15) is 0 Å². The van der Waals surface area contributed by atoms with Crippen molar-refractivity contribution >= 4 is 19.6 Å². The number of esters is 1. The lowest BCUT2D eigenvalue weighted by Gasteiger charge is -2.67. The van der Waals surface area contributed by atoms with Gasteiger partial charge in [-0.3, -0.25) is 23.2 Å². The van der Waals surface area contributed by atoms with Crippen molar-refractivity contribution in [3.63, 3.8) is 0 Å². The molecule has 2 saturated carbocycles. The molecule has 2 bridgehead atoms. The third kappa shape index (κ3) is 7.61. The lowest BCUT2D eigenvalue weighted by Crippen LogP contribution is -2.79. The molecule has 14 heteroatoms. The summed E-state index contributed by atoms with van der Waals surface area (Å²) in [7, 11) is -4.29. The molecular formula is C45H57O13P. The van der Waals surface area contributed by atoms with Gasteiger partial charge in [-0.05, 0) is 54.2 Å². The number of aliphatic hydroxyl groups excluding tert-OH is 1. The second-order valence-electron chi connectivity index (χ2n) is 17.6. The summed E-state index contributed by atoms with van der Waals surface area (Å²) in [6, 6.07) is 21.8. The number of rotatable bonds is 14. The van der Waals surface area contributed by atoms with E-state index in [1.54, 1.807) is 59.9 Å². The molecule has 7 rings (SSSR count). The van der Waals surface area contributed by atoms with Gasteiger partial charge in [0.15, 0.2) is 12.6 Å². The van der Waals surface area contributed by atoms with Crippen molar-refractivity contribution in [2.24, 2.45) is 28.6 Å². The molecule has 1 aliphatic heterocycles. The maximum atomic E-state index is 15.1. The predicted molar refractivity (Wildman–Crippen MR) is 214 cm³/mol. The predicted octanol–water partition coefficient (Wildman–Crippen LogP) is 7.05. The van der Waals surface area contributed by atoms with Crippen LogP contribution in [0.2, 0.25) is 0 Å². The average Bonchev–Trinajstić information content (AvgIpc) is 3.76. The fraction of sp³-hybridized carbons (Fsp3) is 0.556. The van der Waals surface area contributed by atoms with E-state index in [9.17, 15) is 24.7 Å². The minimum atomic E-state index is -4.29. The molecule has 59 heavy (non-hydrogen) atoms. The van der Waals surface area contributed by atoms with Gasteiger partial charge in [-0.25, -0.2) is 4.57 Å². The molecule has 320 valence electrons. The van der Waals surface area contributed by atoms with Gasteiger partial charge in [0.05, 0.1) is 55.2 Å². The molecule has 0 amide bonds. The van der Waals surface area contributed by atoms with Crippen LogP contribution in [0.25, 0.3) is 0 Å². The van der Waals surface area contributed by atoms with Gasteiger partial charge in [-0.1, -0.05) is 95.3 Å². The fourth-order valence-electron chi connectivity index (χ4n) is 10.3. The Labute approximate surface area is 345 Å². The Morgan fingerprint density at radius 1 is 0.932 bits per heavy atom. The highest BCUT2D eigenvalue weighted by molar-refractivity contribution is 7.48. The van der Waals surface area contributed by atoms with Crippen molar-refractivity contribution in [2.45, 2.75) is 116 Å². The summed E-state index contributed by atoms with van der Waals surface area (Å²) < 4.78 is 55.5. The van der Waals surface area contributed by atoms with Gasteiger partial charge in [0.2, 0.25) is 0 Å². The van der Waals surface area contributed by atoms with Crippen LogP contribution in [0, 0.1) is 28.6 Å². The van der Waals surface area contributed by atoms with E-state index in [-0.39, 0.29) is 44.2 Å². The molecule has 3 aliphatic carbocycles. The van der Waals surface area contributed by atoms with E-state index >= 15 is 4.79 Å². The number of carbonyl (C=O) groups excluding carboxylic acids is 2. The second kappa shape index (κ2) is 16.4. The monoisotopic (exact) mass is 836 g/mol. The maximum Gasteiger partial charge on any atom is 0.477 e. The highest BCUT2D eigenvalue weighted by Gasteiger charge is 2.74. The van der Waals surface area contributed by atoms with Gasteiger partial charge in [-0.15, -0.1) is 0 Å². The van der Waals surface area contributed by atoms with Crippen molar-refractivity contribution in [3.8, 4) is 0 Å². The maximum absolute atomic E-state index is 15.1. The van der Waals surface area contributed by atoms with Crippen LogP contribution in [0.5, 0.6) is 0 Å². The number of carbonyl (C=O) groups is 2. The summed E-state index contributed by atoms with van der Waals surface area (Å²) in [6.45, 7) is 11.4. The van der Waals surface area contributed by atoms with Crippen molar-refractivity contribution < 1.29 is 61.7 Å². The number of furan rings is 1. The van der Waals surface area contributed by atoms with Crippen molar-refractivity contribution in [3.05, 3.63) is 107 Å². The number of hydrogen-bond donors (Lipinski definition) is 3. The fourth-order valence-corrected chi connectivity index (χ4v) is 11.4. The standard InChI is InChI=1S/C45H57O13P/c1-27(33-19-14-20-52-33)28(2)41(48)58-34-22-45(50)30(4)39-43(7,40(47)38(46)37(29(34)3)42(45,5)6)35(21-36-44(39,49)25-53-36)54-26-57-59(51,55-23-31-15-10-8-11-16-31)56-24-32-17-12-9-13-18-32/h8-20,27-28,30,34-36,38-39,46,49-50H,21-26H2,1-7H3/t27-,28-,30?,34?,35?,36?,38?,39?,43-,44?,45?/m1/s1. The first kappa shape index (κ1) is 43.6. The number of ketones is 1. The first-order valence-electron chi connectivity index (χ1n) is 20.3. The number of phosphoric ester groups is 1. The van der Waals surface area contributed by atoms with E-state index in [2.05, 4.69) is 0 Å². The van der Waals surface area contributed by atoms with E-state index in [4.69, 9.17) is 32.2 Å². The number of aliphatic hydroxyl groups is 3. The van der Waals surface area contributed by atoms with Gasteiger partial charge < -0.3 is 33.9 Å². The SMILES string of the molecule is CC1=C2C(O)C(=O)[C@]3(C)C(OCOP(=O)(OCc4ccccc4)OCc4ccccc4)CC4OCC4(O)C3C(C)C(O)(CC1OC(=O)[C@H](C)[C@@H](C)c1ccco1)C2(C)C.